The predicted octanol–water partition coefficient (Wildman–Crippen LogP) is 10.8. The molecule has 0 saturated heterocycles. The number of hydrogen-bond acceptors (Lipinski definition) is 2. The van der Waals surface area contributed by atoms with E-state index in [2.05, 4.69) is 54.7 Å². The molecule has 0 saturated carbocycles. The lowest BCUT2D eigenvalue weighted by Gasteiger charge is -2.14. The van der Waals surface area contributed by atoms with Gasteiger partial charge in [-0.05, 0) is 179 Å². The van der Waals surface area contributed by atoms with Crippen LogP contribution in [-0.2, 0) is 6.42 Å². The summed E-state index contributed by atoms with van der Waals surface area (Å²) in [4.78, 5) is 0. The average molecular weight is 992 g/mol. The first kappa shape index (κ1) is 30.9. The van der Waals surface area contributed by atoms with Gasteiger partial charge < -0.3 is 9.47 Å². The van der Waals surface area contributed by atoms with Crippen molar-refractivity contribution in [1.29, 1.82) is 0 Å². The van der Waals surface area contributed by atoms with Gasteiger partial charge in [-0.3, -0.25) is 0 Å². The largest absolute Gasteiger partial charge is 0.573 e. The highest BCUT2D eigenvalue weighted by Gasteiger charge is 2.32. The van der Waals surface area contributed by atoms with E-state index in [1.54, 1.807) is 12.1 Å². The standard InChI is InChI=1S/C27H14F6I4O2/c28-26(29,30)38-18-5-7-20(24(36)12-18)14-1-3-16(22(34)10-14)9-17-4-2-15(11-23(17)35)21-8-6-19(13-25(21)37)39-27(31,32)33/h1-8,10-13H,9H2. The van der Waals surface area contributed by atoms with Gasteiger partial charge in [0.25, 0.3) is 0 Å². The number of rotatable bonds is 6. The van der Waals surface area contributed by atoms with Crippen molar-refractivity contribution in [2.24, 2.45) is 0 Å². The smallest absolute Gasteiger partial charge is 0.406 e. The first-order chi connectivity index (χ1) is 18.2. The Bertz CT molecular complexity index is 1410. The number of benzene rings is 4. The lowest BCUT2D eigenvalue weighted by molar-refractivity contribution is -0.275. The van der Waals surface area contributed by atoms with Crippen LogP contribution >= 0.6 is 90.4 Å². The van der Waals surface area contributed by atoms with E-state index in [4.69, 9.17) is 0 Å². The normalized spacial score (nSPS) is 11.9. The van der Waals surface area contributed by atoms with E-state index < -0.39 is 12.7 Å². The maximum Gasteiger partial charge on any atom is 0.573 e. The van der Waals surface area contributed by atoms with E-state index in [9.17, 15) is 26.3 Å². The molecule has 4 aromatic carbocycles. The van der Waals surface area contributed by atoms with Gasteiger partial charge in [0.05, 0.1) is 0 Å². The first-order valence-electron chi connectivity index (χ1n) is 10.9. The number of alkyl halides is 6. The van der Waals surface area contributed by atoms with Crippen LogP contribution < -0.4 is 9.47 Å². The van der Waals surface area contributed by atoms with Crippen molar-refractivity contribution in [2.75, 3.05) is 0 Å². The predicted molar refractivity (Wildman–Crippen MR) is 171 cm³/mol. The minimum Gasteiger partial charge on any atom is -0.406 e. The summed E-state index contributed by atoms with van der Waals surface area (Å²) in [5.41, 5.74) is 5.53. The van der Waals surface area contributed by atoms with E-state index in [0.29, 0.717) is 13.6 Å². The number of hydrogen-bond donors (Lipinski definition) is 0. The molecule has 204 valence electrons. The molecule has 0 fully saturated rings. The van der Waals surface area contributed by atoms with Crippen LogP contribution in [0, 0.1) is 14.3 Å². The molecular weight excluding hydrogens is 978 g/mol. The van der Waals surface area contributed by atoms with Crippen molar-refractivity contribution in [3.05, 3.63) is 98.2 Å². The summed E-state index contributed by atoms with van der Waals surface area (Å²) in [6, 6.07) is 20.4. The molecule has 0 atom stereocenters. The van der Waals surface area contributed by atoms with Crippen molar-refractivity contribution in [1.82, 2.24) is 0 Å². The molecule has 12 heteroatoms. The summed E-state index contributed by atoms with van der Waals surface area (Å²) in [5.74, 6) is -0.527. The van der Waals surface area contributed by atoms with Gasteiger partial charge in [0.2, 0.25) is 0 Å². The fourth-order valence-electron chi connectivity index (χ4n) is 3.78. The minimum atomic E-state index is -4.74. The first-order valence-corrected chi connectivity index (χ1v) is 15.2. The molecule has 0 N–H and O–H groups in total. The molecule has 0 radical (unpaired) electrons. The van der Waals surface area contributed by atoms with Crippen LogP contribution in [-0.4, -0.2) is 12.7 Å². The Morgan fingerprint density at radius 3 is 1.18 bits per heavy atom. The van der Waals surface area contributed by atoms with Gasteiger partial charge >= 0.3 is 12.7 Å². The zero-order valence-electron chi connectivity index (χ0n) is 19.2. The molecule has 0 spiro atoms. The molecular formula is C27H14F6I4O2. The second kappa shape index (κ2) is 12.5. The third kappa shape index (κ3) is 8.50. The Morgan fingerprint density at radius 2 is 0.872 bits per heavy atom. The van der Waals surface area contributed by atoms with Gasteiger partial charge in [0.15, 0.2) is 0 Å². The zero-order chi connectivity index (χ0) is 28.5. The topological polar surface area (TPSA) is 18.5 Å². The van der Waals surface area contributed by atoms with E-state index in [1.165, 1.54) is 24.3 Å². The Morgan fingerprint density at radius 1 is 0.487 bits per heavy atom. The summed E-state index contributed by atoms with van der Waals surface area (Å²) in [7, 11) is 0. The lowest BCUT2D eigenvalue weighted by Crippen LogP contribution is -2.17. The van der Waals surface area contributed by atoms with Crippen molar-refractivity contribution >= 4 is 90.4 Å². The molecule has 2 nitrogen and oxygen atoms in total. The molecule has 4 rings (SSSR count). The summed E-state index contributed by atoms with van der Waals surface area (Å²) < 4.78 is 86.4. The van der Waals surface area contributed by atoms with Crippen molar-refractivity contribution in [3.63, 3.8) is 0 Å². The second-order valence-electron chi connectivity index (χ2n) is 8.17. The molecule has 0 aliphatic rings. The molecule has 0 amide bonds. The van der Waals surface area contributed by atoms with Crippen LogP contribution in [0.1, 0.15) is 11.1 Å². The Balaban J connectivity index is 1.52. The van der Waals surface area contributed by atoms with Gasteiger partial charge in [0.1, 0.15) is 11.5 Å². The molecule has 0 aromatic heterocycles. The Kier molecular flexibility index (Phi) is 9.88. The van der Waals surface area contributed by atoms with Gasteiger partial charge in [-0.2, -0.15) is 0 Å². The van der Waals surface area contributed by atoms with Gasteiger partial charge in [0, 0.05) is 14.3 Å². The van der Waals surface area contributed by atoms with Gasteiger partial charge in [-0.1, -0.05) is 24.3 Å². The summed E-state index contributed by atoms with van der Waals surface area (Å²) in [6.45, 7) is 0. The number of ether oxygens (including phenoxy) is 2. The highest BCUT2D eigenvalue weighted by Crippen LogP contribution is 2.35. The van der Waals surface area contributed by atoms with E-state index in [0.717, 1.165) is 40.5 Å². The molecule has 0 bridgehead atoms. The van der Waals surface area contributed by atoms with E-state index in [-0.39, 0.29) is 11.5 Å². The maximum atomic E-state index is 12.5. The monoisotopic (exact) mass is 992 g/mol. The van der Waals surface area contributed by atoms with Crippen molar-refractivity contribution in [2.45, 2.75) is 19.1 Å². The SMILES string of the molecule is FC(F)(F)Oc1ccc(-c2ccc(Cc3ccc(-c4ccc(OC(F)(F)F)cc4I)cc3I)c(I)c2)c(I)c1. The molecule has 39 heavy (non-hydrogen) atoms. The highest BCUT2D eigenvalue weighted by molar-refractivity contribution is 14.1. The minimum absolute atomic E-state index is 0.264. The van der Waals surface area contributed by atoms with Gasteiger partial charge in [-0.25, -0.2) is 0 Å². The lowest BCUT2D eigenvalue weighted by atomic mass is 9.98. The van der Waals surface area contributed by atoms with Crippen molar-refractivity contribution in [3.8, 4) is 33.8 Å². The summed E-state index contributed by atoms with van der Waals surface area (Å²) in [6.07, 6.45) is -8.83. The fourth-order valence-corrected chi connectivity index (χ4v) is 6.78. The molecule has 0 heterocycles. The molecule has 4 aromatic rings. The summed E-state index contributed by atoms with van der Waals surface area (Å²) >= 11 is 8.48. The second-order valence-corrected chi connectivity index (χ2v) is 12.8. The third-order valence-electron chi connectivity index (χ3n) is 5.46. The fraction of sp³-hybridized carbons (Fsp3) is 0.111. The van der Waals surface area contributed by atoms with Crippen LogP contribution in [0.5, 0.6) is 11.5 Å². The highest BCUT2D eigenvalue weighted by atomic mass is 127. The van der Waals surface area contributed by atoms with Crippen molar-refractivity contribution < 1.29 is 35.8 Å². The van der Waals surface area contributed by atoms with E-state index in [1.807, 2.05) is 81.6 Å². The Labute approximate surface area is 274 Å². The van der Waals surface area contributed by atoms with E-state index >= 15 is 0 Å². The van der Waals surface area contributed by atoms with Gasteiger partial charge in [-0.15, -0.1) is 26.3 Å². The summed E-state index contributed by atoms with van der Waals surface area (Å²) in [5, 5.41) is 0. The molecule has 0 aliphatic heterocycles. The average Bonchev–Trinajstić information content (AvgIpc) is 2.80. The quantitative estimate of drug-likeness (QED) is 0.142. The van der Waals surface area contributed by atoms with Crippen LogP contribution in [0.4, 0.5) is 26.3 Å². The van der Waals surface area contributed by atoms with Crippen LogP contribution in [0.25, 0.3) is 22.3 Å². The Hall–Kier alpha value is -1.02. The zero-order valence-corrected chi connectivity index (χ0v) is 27.9. The molecule has 0 aliphatic carbocycles. The number of halogens is 10. The molecule has 0 unspecified atom stereocenters. The van der Waals surface area contributed by atoms with Crippen LogP contribution in [0.15, 0.2) is 72.8 Å². The van der Waals surface area contributed by atoms with Crippen LogP contribution in [0.3, 0.4) is 0 Å². The maximum absolute atomic E-state index is 12.5. The van der Waals surface area contributed by atoms with Crippen LogP contribution in [0.2, 0.25) is 0 Å². The third-order valence-corrected chi connectivity index (χ3v) is 9.25.